The lowest BCUT2D eigenvalue weighted by Gasteiger charge is -2.28. The SMILES string of the molecule is N=Cc1c(N)cccc1-c1nc(N2CCOCC2)c2sc(COCc3cccnc3)cc2n1. The minimum absolute atomic E-state index is 0.484. The van der Waals surface area contributed by atoms with Crippen LogP contribution in [0.15, 0.2) is 48.8 Å². The maximum atomic E-state index is 7.83. The van der Waals surface area contributed by atoms with Gasteiger partial charge in [0.1, 0.15) is 0 Å². The van der Waals surface area contributed by atoms with Crippen molar-refractivity contribution in [3.63, 3.8) is 0 Å². The Labute approximate surface area is 195 Å². The zero-order valence-corrected chi connectivity index (χ0v) is 18.8. The Bertz CT molecular complexity index is 1270. The van der Waals surface area contributed by atoms with Crippen LogP contribution >= 0.6 is 11.3 Å². The normalized spacial score (nSPS) is 14.0. The molecule has 3 N–H and O–H groups in total. The molecule has 4 heterocycles. The summed E-state index contributed by atoms with van der Waals surface area (Å²) in [4.78, 5) is 17.3. The lowest BCUT2D eigenvalue weighted by molar-refractivity contribution is 0.109. The van der Waals surface area contributed by atoms with Crippen molar-refractivity contribution in [3.8, 4) is 11.4 Å². The number of nitrogen functional groups attached to an aromatic ring is 1. The first-order chi connectivity index (χ1) is 16.2. The number of morpholine rings is 1. The van der Waals surface area contributed by atoms with Crippen LogP contribution in [0.2, 0.25) is 0 Å². The summed E-state index contributed by atoms with van der Waals surface area (Å²) in [6.45, 7) is 3.85. The lowest BCUT2D eigenvalue weighted by Crippen LogP contribution is -2.36. The highest BCUT2D eigenvalue weighted by Gasteiger charge is 2.21. The largest absolute Gasteiger partial charge is 0.398 e. The van der Waals surface area contributed by atoms with Crippen molar-refractivity contribution in [3.05, 3.63) is 64.8 Å². The number of hydrogen-bond acceptors (Lipinski definition) is 9. The van der Waals surface area contributed by atoms with Crippen molar-refractivity contribution in [1.82, 2.24) is 15.0 Å². The van der Waals surface area contributed by atoms with E-state index in [1.165, 1.54) is 6.21 Å². The van der Waals surface area contributed by atoms with Gasteiger partial charge in [-0.05, 0) is 23.8 Å². The molecule has 1 fully saturated rings. The Balaban J connectivity index is 1.51. The number of benzene rings is 1. The molecule has 0 amide bonds. The zero-order chi connectivity index (χ0) is 22.6. The van der Waals surface area contributed by atoms with Crippen LogP contribution in [0.1, 0.15) is 16.0 Å². The Kier molecular flexibility index (Phi) is 6.25. The summed E-state index contributed by atoms with van der Waals surface area (Å²) in [5.74, 6) is 1.45. The summed E-state index contributed by atoms with van der Waals surface area (Å²) < 4.78 is 12.5. The van der Waals surface area contributed by atoms with Crippen LogP contribution in [-0.2, 0) is 22.7 Å². The quantitative estimate of drug-likeness (QED) is 0.318. The maximum absolute atomic E-state index is 7.83. The van der Waals surface area contributed by atoms with Gasteiger partial charge in [0.05, 0.1) is 36.6 Å². The van der Waals surface area contributed by atoms with E-state index in [0.29, 0.717) is 43.5 Å². The van der Waals surface area contributed by atoms with Gasteiger partial charge in [-0.1, -0.05) is 18.2 Å². The van der Waals surface area contributed by atoms with Gasteiger partial charge in [0.15, 0.2) is 11.6 Å². The number of nitrogens with zero attached hydrogens (tertiary/aromatic N) is 4. The minimum atomic E-state index is 0.484. The number of nitrogens with one attached hydrogen (secondary N) is 1. The molecule has 0 radical (unpaired) electrons. The number of ether oxygens (including phenoxy) is 2. The van der Waals surface area contributed by atoms with E-state index in [2.05, 4.69) is 16.0 Å². The van der Waals surface area contributed by atoms with E-state index in [4.69, 9.17) is 30.6 Å². The van der Waals surface area contributed by atoms with Crippen LogP contribution in [0.5, 0.6) is 0 Å². The summed E-state index contributed by atoms with van der Waals surface area (Å²) in [5, 5.41) is 7.83. The van der Waals surface area contributed by atoms with E-state index in [1.54, 1.807) is 23.6 Å². The highest BCUT2D eigenvalue weighted by molar-refractivity contribution is 7.19. The second-order valence-electron chi connectivity index (χ2n) is 7.70. The molecule has 1 saturated heterocycles. The van der Waals surface area contributed by atoms with Crippen LogP contribution in [0.4, 0.5) is 11.5 Å². The van der Waals surface area contributed by atoms with Crippen molar-refractivity contribution in [2.24, 2.45) is 0 Å². The maximum Gasteiger partial charge on any atom is 0.162 e. The van der Waals surface area contributed by atoms with Crippen LogP contribution in [0, 0.1) is 5.41 Å². The van der Waals surface area contributed by atoms with Crippen LogP contribution in [0.25, 0.3) is 21.6 Å². The molecule has 5 rings (SSSR count). The Morgan fingerprint density at radius 2 is 2.03 bits per heavy atom. The van der Waals surface area contributed by atoms with E-state index in [1.807, 2.05) is 30.5 Å². The topological polar surface area (TPSA) is 110 Å². The van der Waals surface area contributed by atoms with E-state index in [0.717, 1.165) is 45.1 Å². The van der Waals surface area contributed by atoms with Crippen molar-refractivity contribution in [2.45, 2.75) is 13.2 Å². The molecule has 1 aliphatic rings. The van der Waals surface area contributed by atoms with Gasteiger partial charge in [0.25, 0.3) is 0 Å². The molecule has 168 valence electrons. The van der Waals surface area contributed by atoms with Gasteiger partial charge in [-0.3, -0.25) is 4.98 Å². The van der Waals surface area contributed by atoms with Crippen molar-refractivity contribution >= 4 is 39.3 Å². The van der Waals surface area contributed by atoms with Gasteiger partial charge in [-0.15, -0.1) is 11.3 Å². The summed E-state index contributed by atoms with van der Waals surface area (Å²) >= 11 is 1.65. The average Bonchev–Trinajstić information content (AvgIpc) is 3.27. The fourth-order valence-corrected chi connectivity index (χ4v) is 4.89. The van der Waals surface area contributed by atoms with Gasteiger partial charge < -0.3 is 25.5 Å². The number of rotatable bonds is 7. The fraction of sp³-hybridized carbons (Fsp3) is 0.250. The second-order valence-corrected chi connectivity index (χ2v) is 8.84. The summed E-state index contributed by atoms with van der Waals surface area (Å²) in [5.41, 5.74) is 9.93. The van der Waals surface area contributed by atoms with Crippen molar-refractivity contribution in [1.29, 1.82) is 5.41 Å². The number of fused-ring (bicyclic) bond motifs is 1. The van der Waals surface area contributed by atoms with Crippen LogP contribution in [-0.4, -0.2) is 47.5 Å². The van der Waals surface area contributed by atoms with Crippen molar-refractivity contribution in [2.75, 3.05) is 36.9 Å². The molecule has 1 aliphatic heterocycles. The third kappa shape index (κ3) is 4.56. The molecule has 33 heavy (non-hydrogen) atoms. The molecule has 0 bridgehead atoms. The number of nitrogens with two attached hydrogens (primary N) is 1. The molecule has 4 aromatic rings. The standard InChI is InChI=1S/C24H24N6O2S/c25-12-19-18(4-1-5-20(19)26)23-28-21-11-17(15-32-14-16-3-2-6-27-13-16)33-22(21)24(29-23)30-7-9-31-10-8-30/h1-6,11-13,25H,7-10,14-15,26H2. The zero-order valence-electron chi connectivity index (χ0n) is 18.0. The first-order valence-corrected chi connectivity index (χ1v) is 11.5. The number of thiophene rings is 1. The predicted molar refractivity (Wildman–Crippen MR) is 131 cm³/mol. The lowest BCUT2D eigenvalue weighted by atomic mass is 10.1. The van der Waals surface area contributed by atoms with Gasteiger partial charge in [0.2, 0.25) is 0 Å². The minimum Gasteiger partial charge on any atom is -0.398 e. The molecule has 0 atom stereocenters. The van der Waals surface area contributed by atoms with E-state index in [-0.39, 0.29) is 0 Å². The molecular formula is C24H24N6O2S. The Hall–Kier alpha value is -3.40. The molecule has 8 nitrogen and oxygen atoms in total. The summed E-state index contributed by atoms with van der Waals surface area (Å²) in [6, 6.07) is 11.5. The smallest absolute Gasteiger partial charge is 0.162 e. The first kappa shape index (κ1) is 21.4. The average molecular weight is 461 g/mol. The summed E-state index contributed by atoms with van der Waals surface area (Å²) in [6.07, 6.45) is 4.83. The highest BCUT2D eigenvalue weighted by atomic mass is 32.1. The molecular weight excluding hydrogens is 436 g/mol. The highest BCUT2D eigenvalue weighted by Crippen LogP contribution is 2.36. The fourth-order valence-electron chi connectivity index (χ4n) is 3.84. The van der Waals surface area contributed by atoms with Gasteiger partial charge in [-0.25, -0.2) is 9.97 Å². The molecule has 0 aliphatic carbocycles. The van der Waals surface area contributed by atoms with E-state index in [9.17, 15) is 0 Å². The molecule has 3 aromatic heterocycles. The monoisotopic (exact) mass is 460 g/mol. The van der Waals surface area contributed by atoms with Crippen LogP contribution < -0.4 is 10.6 Å². The molecule has 0 saturated carbocycles. The third-order valence-corrected chi connectivity index (χ3v) is 6.57. The number of aromatic nitrogens is 3. The van der Waals surface area contributed by atoms with Gasteiger partial charge >= 0.3 is 0 Å². The Morgan fingerprint density at radius 3 is 2.82 bits per heavy atom. The predicted octanol–water partition coefficient (Wildman–Crippen LogP) is 3.89. The summed E-state index contributed by atoms with van der Waals surface area (Å²) in [7, 11) is 0. The Morgan fingerprint density at radius 1 is 1.15 bits per heavy atom. The molecule has 0 unspecified atom stereocenters. The second kappa shape index (κ2) is 9.62. The van der Waals surface area contributed by atoms with E-state index < -0.39 is 0 Å². The molecule has 0 spiro atoms. The third-order valence-electron chi connectivity index (χ3n) is 5.48. The van der Waals surface area contributed by atoms with Crippen molar-refractivity contribution < 1.29 is 9.47 Å². The van der Waals surface area contributed by atoms with Gasteiger partial charge in [0, 0.05) is 53.4 Å². The number of pyridine rings is 1. The van der Waals surface area contributed by atoms with E-state index >= 15 is 0 Å². The number of hydrogen-bond donors (Lipinski definition) is 2. The first-order valence-electron chi connectivity index (χ1n) is 10.7. The number of anilines is 2. The van der Waals surface area contributed by atoms with Gasteiger partial charge in [-0.2, -0.15) is 0 Å². The molecule has 9 heteroatoms. The molecule has 1 aromatic carbocycles. The van der Waals surface area contributed by atoms with Crippen LogP contribution in [0.3, 0.4) is 0 Å².